The molecule has 1 aliphatic carbocycles. The lowest BCUT2D eigenvalue weighted by molar-refractivity contribution is -0.123. The highest BCUT2D eigenvalue weighted by Crippen LogP contribution is 2.18. The first kappa shape index (κ1) is 16.0. The molecular weight excluding hydrogens is 284 g/mol. The number of carbonyl (C=O) groups is 3. The SMILES string of the molecule is CN(CC(=O)Nc1ccccc1C(N)=O)CC(=O)NC1CC1. The van der Waals surface area contributed by atoms with Gasteiger partial charge in [0, 0.05) is 6.04 Å². The van der Waals surface area contributed by atoms with Crippen LogP contribution in [0.15, 0.2) is 24.3 Å². The Morgan fingerprint density at radius 1 is 1.18 bits per heavy atom. The van der Waals surface area contributed by atoms with Crippen LogP contribution in [0.3, 0.4) is 0 Å². The number of anilines is 1. The summed E-state index contributed by atoms with van der Waals surface area (Å²) < 4.78 is 0. The number of para-hydroxylation sites is 1. The van der Waals surface area contributed by atoms with Gasteiger partial charge in [-0.15, -0.1) is 0 Å². The van der Waals surface area contributed by atoms with Crippen LogP contribution in [0.5, 0.6) is 0 Å². The van der Waals surface area contributed by atoms with Crippen molar-refractivity contribution in [1.29, 1.82) is 0 Å². The number of nitrogens with one attached hydrogen (secondary N) is 2. The van der Waals surface area contributed by atoms with E-state index in [9.17, 15) is 14.4 Å². The minimum atomic E-state index is -0.604. The molecule has 7 heteroatoms. The van der Waals surface area contributed by atoms with E-state index >= 15 is 0 Å². The number of nitrogens with zero attached hydrogens (tertiary/aromatic N) is 1. The Morgan fingerprint density at radius 3 is 2.45 bits per heavy atom. The molecule has 0 unspecified atom stereocenters. The van der Waals surface area contributed by atoms with Crippen molar-refractivity contribution < 1.29 is 14.4 Å². The maximum atomic E-state index is 12.0. The molecule has 7 nitrogen and oxygen atoms in total. The van der Waals surface area contributed by atoms with Crippen LogP contribution >= 0.6 is 0 Å². The minimum Gasteiger partial charge on any atom is -0.366 e. The average Bonchev–Trinajstić information content (AvgIpc) is 3.22. The van der Waals surface area contributed by atoms with Crippen molar-refractivity contribution in [1.82, 2.24) is 10.2 Å². The topological polar surface area (TPSA) is 105 Å². The molecule has 3 amide bonds. The van der Waals surface area contributed by atoms with Crippen molar-refractivity contribution in [3.8, 4) is 0 Å². The Labute approximate surface area is 128 Å². The number of primary amides is 1. The van der Waals surface area contributed by atoms with E-state index in [-0.39, 0.29) is 30.5 Å². The van der Waals surface area contributed by atoms with E-state index in [1.165, 1.54) is 0 Å². The van der Waals surface area contributed by atoms with Crippen LogP contribution in [-0.2, 0) is 9.59 Å². The van der Waals surface area contributed by atoms with E-state index in [4.69, 9.17) is 5.73 Å². The van der Waals surface area contributed by atoms with Gasteiger partial charge in [0.25, 0.3) is 5.91 Å². The second-order valence-corrected chi connectivity index (χ2v) is 5.47. The zero-order chi connectivity index (χ0) is 16.1. The summed E-state index contributed by atoms with van der Waals surface area (Å²) in [7, 11) is 1.69. The van der Waals surface area contributed by atoms with E-state index in [1.54, 1.807) is 36.2 Å². The van der Waals surface area contributed by atoms with Crippen LogP contribution < -0.4 is 16.4 Å². The predicted molar refractivity (Wildman–Crippen MR) is 82.3 cm³/mol. The fraction of sp³-hybridized carbons (Fsp3) is 0.400. The number of likely N-dealkylation sites (N-methyl/N-ethyl adjacent to an activating group) is 1. The standard InChI is InChI=1S/C15H20N4O3/c1-19(8-13(20)17-10-6-7-10)9-14(21)18-12-5-3-2-4-11(12)15(16)22/h2-5,10H,6-9H2,1H3,(H2,16,22)(H,17,20)(H,18,21). The molecule has 1 fully saturated rings. The number of hydrogen-bond acceptors (Lipinski definition) is 4. The molecule has 22 heavy (non-hydrogen) atoms. The summed E-state index contributed by atoms with van der Waals surface area (Å²) in [6, 6.07) is 6.83. The summed E-state index contributed by atoms with van der Waals surface area (Å²) in [5.41, 5.74) is 5.88. The Kier molecular flexibility index (Phi) is 5.11. The van der Waals surface area contributed by atoms with Gasteiger partial charge in [0.05, 0.1) is 24.3 Å². The molecule has 1 saturated carbocycles. The number of hydrogen-bond donors (Lipinski definition) is 3. The number of nitrogens with two attached hydrogens (primary N) is 1. The van der Waals surface area contributed by atoms with Gasteiger partial charge < -0.3 is 16.4 Å². The number of carbonyl (C=O) groups excluding carboxylic acids is 3. The first-order chi connectivity index (χ1) is 10.5. The zero-order valence-electron chi connectivity index (χ0n) is 12.5. The van der Waals surface area contributed by atoms with Gasteiger partial charge in [-0.05, 0) is 32.0 Å². The van der Waals surface area contributed by atoms with Gasteiger partial charge in [0.2, 0.25) is 11.8 Å². The lowest BCUT2D eigenvalue weighted by atomic mass is 10.1. The zero-order valence-corrected chi connectivity index (χ0v) is 12.5. The molecule has 0 atom stereocenters. The van der Waals surface area contributed by atoms with Crippen LogP contribution in [0.1, 0.15) is 23.2 Å². The lowest BCUT2D eigenvalue weighted by Gasteiger charge is -2.16. The molecule has 0 spiro atoms. The summed E-state index contributed by atoms with van der Waals surface area (Å²) in [6.07, 6.45) is 2.06. The lowest BCUT2D eigenvalue weighted by Crippen LogP contribution is -2.39. The molecule has 0 heterocycles. The highest BCUT2D eigenvalue weighted by Gasteiger charge is 2.23. The van der Waals surface area contributed by atoms with Crippen LogP contribution in [0, 0.1) is 0 Å². The van der Waals surface area contributed by atoms with Gasteiger partial charge in [-0.25, -0.2) is 0 Å². The third-order valence-electron chi connectivity index (χ3n) is 3.24. The van der Waals surface area contributed by atoms with Crippen molar-refractivity contribution >= 4 is 23.4 Å². The second-order valence-electron chi connectivity index (χ2n) is 5.47. The van der Waals surface area contributed by atoms with E-state index in [2.05, 4.69) is 10.6 Å². The monoisotopic (exact) mass is 304 g/mol. The van der Waals surface area contributed by atoms with Crippen LogP contribution in [0.25, 0.3) is 0 Å². The quantitative estimate of drug-likeness (QED) is 0.656. The van der Waals surface area contributed by atoms with Gasteiger partial charge in [-0.2, -0.15) is 0 Å². The molecule has 2 rings (SSSR count). The number of benzene rings is 1. The van der Waals surface area contributed by atoms with Gasteiger partial charge in [0.1, 0.15) is 0 Å². The van der Waals surface area contributed by atoms with Crippen molar-refractivity contribution in [3.05, 3.63) is 29.8 Å². The largest absolute Gasteiger partial charge is 0.366 e. The summed E-state index contributed by atoms with van der Waals surface area (Å²) >= 11 is 0. The Bertz CT molecular complexity index is 584. The average molecular weight is 304 g/mol. The molecule has 4 N–H and O–H groups in total. The van der Waals surface area contributed by atoms with Gasteiger partial charge >= 0.3 is 0 Å². The Balaban J connectivity index is 1.84. The predicted octanol–water partition coefficient (Wildman–Crippen LogP) is -0.0656. The maximum absolute atomic E-state index is 12.0. The van der Waals surface area contributed by atoms with E-state index < -0.39 is 5.91 Å². The Morgan fingerprint density at radius 2 is 1.82 bits per heavy atom. The third kappa shape index (κ3) is 4.85. The van der Waals surface area contributed by atoms with Crippen LogP contribution in [0.2, 0.25) is 0 Å². The molecule has 118 valence electrons. The highest BCUT2D eigenvalue weighted by molar-refractivity contribution is 6.03. The third-order valence-corrected chi connectivity index (χ3v) is 3.24. The van der Waals surface area contributed by atoms with E-state index in [0.29, 0.717) is 11.7 Å². The first-order valence-corrected chi connectivity index (χ1v) is 7.12. The number of amides is 3. The first-order valence-electron chi connectivity index (χ1n) is 7.12. The molecule has 1 aromatic carbocycles. The smallest absolute Gasteiger partial charge is 0.250 e. The molecular formula is C15H20N4O3. The van der Waals surface area contributed by atoms with Gasteiger partial charge in [0.15, 0.2) is 0 Å². The summed E-state index contributed by atoms with van der Waals surface area (Å²) in [5, 5.41) is 5.49. The maximum Gasteiger partial charge on any atom is 0.250 e. The summed E-state index contributed by atoms with van der Waals surface area (Å²) in [5.74, 6) is -1.00. The van der Waals surface area contributed by atoms with Crippen LogP contribution in [-0.4, -0.2) is 48.8 Å². The van der Waals surface area contributed by atoms with Crippen molar-refractivity contribution in [2.24, 2.45) is 5.73 Å². The minimum absolute atomic E-state index is 0.0468. The van der Waals surface area contributed by atoms with Crippen molar-refractivity contribution in [3.63, 3.8) is 0 Å². The van der Waals surface area contributed by atoms with Gasteiger partial charge in [-0.3, -0.25) is 19.3 Å². The van der Waals surface area contributed by atoms with Crippen molar-refractivity contribution in [2.45, 2.75) is 18.9 Å². The fourth-order valence-electron chi connectivity index (χ4n) is 2.04. The molecule has 1 aromatic rings. The van der Waals surface area contributed by atoms with Gasteiger partial charge in [-0.1, -0.05) is 12.1 Å². The van der Waals surface area contributed by atoms with Crippen LogP contribution in [0.4, 0.5) is 5.69 Å². The molecule has 0 bridgehead atoms. The van der Waals surface area contributed by atoms with E-state index in [0.717, 1.165) is 12.8 Å². The molecule has 0 aromatic heterocycles. The normalized spacial score (nSPS) is 13.7. The highest BCUT2D eigenvalue weighted by atomic mass is 16.2. The van der Waals surface area contributed by atoms with E-state index in [1.807, 2.05) is 0 Å². The number of rotatable bonds is 7. The fourth-order valence-corrected chi connectivity index (χ4v) is 2.04. The molecule has 0 saturated heterocycles. The summed E-state index contributed by atoms with van der Waals surface area (Å²) in [4.78, 5) is 36.5. The summed E-state index contributed by atoms with van der Waals surface area (Å²) in [6.45, 7) is 0.201. The Hall–Kier alpha value is -2.41. The molecule has 1 aliphatic rings. The van der Waals surface area contributed by atoms with Crippen molar-refractivity contribution in [2.75, 3.05) is 25.5 Å². The second kappa shape index (κ2) is 7.04. The molecule has 0 aliphatic heterocycles. The molecule has 0 radical (unpaired) electrons.